The third-order valence-corrected chi connectivity index (χ3v) is 4.95. The Morgan fingerprint density at radius 2 is 1.41 bits per heavy atom. The SMILES string of the molecule is CNc1ccc(-c2ccc(-c3nc4c(C(F)(F)F)cc(C(F)(F)F)cc4[nH]3)cc2)cc1F. The molecule has 0 atom stereocenters. The molecule has 2 N–H and O–H groups in total. The molecule has 3 nitrogen and oxygen atoms in total. The predicted molar refractivity (Wildman–Crippen MR) is 106 cm³/mol. The van der Waals surface area contributed by atoms with Crippen LogP contribution >= 0.6 is 0 Å². The van der Waals surface area contributed by atoms with Crippen LogP contribution in [0.2, 0.25) is 0 Å². The number of nitrogens with zero attached hydrogens (tertiary/aromatic N) is 1. The fourth-order valence-electron chi connectivity index (χ4n) is 3.35. The lowest BCUT2D eigenvalue weighted by molar-refractivity contribution is -0.142. The molecule has 0 aliphatic carbocycles. The maximum absolute atomic E-state index is 14.0. The zero-order valence-corrected chi connectivity index (χ0v) is 16.3. The number of fused-ring (bicyclic) bond motifs is 1. The van der Waals surface area contributed by atoms with Gasteiger partial charge in [-0.3, -0.25) is 0 Å². The van der Waals surface area contributed by atoms with Crippen molar-refractivity contribution >= 4 is 16.7 Å². The second kappa shape index (κ2) is 7.54. The number of halogens is 7. The highest BCUT2D eigenvalue weighted by atomic mass is 19.4. The van der Waals surface area contributed by atoms with E-state index in [2.05, 4.69) is 15.3 Å². The molecule has 10 heteroatoms. The van der Waals surface area contributed by atoms with Crippen LogP contribution < -0.4 is 5.32 Å². The van der Waals surface area contributed by atoms with Gasteiger partial charge < -0.3 is 10.3 Å². The summed E-state index contributed by atoms with van der Waals surface area (Å²) in [7, 11) is 1.59. The van der Waals surface area contributed by atoms with Crippen LogP contribution in [0.4, 0.5) is 36.4 Å². The predicted octanol–water partition coefficient (Wildman–Crippen LogP) is 7.12. The second-order valence-electron chi connectivity index (χ2n) is 7.02. The van der Waals surface area contributed by atoms with Crippen molar-refractivity contribution in [1.82, 2.24) is 9.97 Å². The minimum Gasteiger partial charge on any atom is -0.386 e. The Morgan fingerprint density at radius 3 is 1.97 bits per heavy atom. The first-order valence-electron chi connectivity index (χ1n) is 9.23. The lowest BCUT2D eigenvalue weighted by Gasteiger charge is -2.11. The first kappa shape index (κ1) is 21.7. The molecule has 1 heterocycles. The molecule has 0 radical (unpaired) electrons. The van der Waals surface area contributed by atoms with Crippen molar-refractivity contribution in [2.75, 3.05) is 12.4 Å². The number of hydrogen-bond acceptors (Lipinski definition) is 2. The fraction of sp³-hybridized carbons (Fsp3) is 0.136. The number of rotatable bonds is 3. The molecule has 0 fully saturated rings. The van der Waals surface area contributed by atoms with Crippen molar-refractivity contribution in [1.29, 1.82) is 0 Å². The zero-order valence-electron chi connectivity index (χ0n) is 16.3. The molecule has 4 rings (SSSR count). The lowest BCUT2D eigenvalue weighted by Crippen LogP contribution is -2.11. The molecule has 0 aliphatic heterocycles. The van der Waals surface area contributed by atoms with Gasteiger partial charge in [0.05, 0.1) is 22.3 Å². The third-order valence-electron chi connectivity index (χ3n) is 4.95. The van der Waals surface area contributed by atoms with E-state index in [1.165, 1.54) is 18.2 Å². The lowest BCUT2D eigenvalue weighted by atomic mass is 10.0. The smallest absolute Gasteiger partial charge is 0.386 e. The Labute approximate surface area is 176 Å². The number of benzene rings is 3. The normalized spacial score (nSPS) is 12.4. The molecule has 32 heavy (non-hydrogen) atoms. The first-order chi connectivity index (χ1) is 15.0. The van der Waals surface area contributed by atoms with E-state index >= 15 is 0 Å². The minimum absolute atomic E-state index is 0.0203. The van der Waals surface area contributed by atoms with Crippen molar-refractivity contribution < 1.29 is 30.7 Å². The second-order valence-corrected chi connectivity index (χ2v) is 7.02. The molecule has 0 amide bonds. The molecule has 166 valence electrons. The van der Waals surface area contributed by atoms with Gasteiger partial charge in [-0.15, -0.1) is 0 Å². The van der Waals surface area contributed by atoms with Gasteiger partial charge >= 0.3 is 12.4 Å². The van der Waals surface area contributed by atoms with Crippen LogP contribution in [0.5, 0.6) is 0 Å². The summed E-state index contributed by atoms with van der Waals surface area (Å²) < 4.78 is 93.3. The van der Waals surface area contributed by atoms with Crippen molar-refractivity contribution in [2.24, 2.45) is 0 Å². The van der Waals surface area contributed by atoms with Gasteiger partial charge in [0.2, 0.25) is 0 Å². The summed E-state index contributed by atoms with van der Waals surface area (Å²) in [6.07, 6.45) is -9.96. The average Bonchev–Trinajstić information content (AvgIpc) is 3.16. The van der Waals surface area contributed by atoms with E-state index in [1.54, 1.807) is 31.3 Å². The molecular formula is C22H14F7N3. The van der Waals surface area contributed by atoms with E-state index in [0.29, 0.717) is 28.4 Å². The number of hydrogen-bond donors (Lipinski definition) is 2. The van der Waals surface area contributed by atoms with Gasteiger partial charge in [0.1, 0.15) is 17.2 Å². The van der Waals surface area contributed by atoms with Gasteiger partial charge in [0.15, 0.2) is 0 Å². The van der Waals surface area contributed by atoms with Gasteiger partial charge in [-0.2, -0.15) is 26.3 Å². The molecule has 0 spiro atoms. The van der Waals surface area contributed by atoms with E-state index in [4.69, 9.17) is 0 Å². The van der Waals surface area contributed by atoms with Gasteiger partial charge in [-0.05, 0) is 35.4 Å². The summed E-state index contributed by atoms with van der Waals surface area (Å²) in [5.74, 6) is -0.473. The van der Waals surface area contributed by atoms with Crippen molar-refractivity contribution in [3.63, 3.8) is 0 Å². The van der Waals surface area contributed by atoms with E-state index in [-0.39, 0.29) is 17.4 Å². The molecule has 0 bridgehead atoms. The summed E-state index contributed by atoms with van der Waals surface area (Å²) in [6.45, 7) is 0. The number of nitrogens with one attached hydrogen (secondary N) is 2. The molecule has 1 aromatic heterocycles. The quantitative estimate of drug-likeness (QED) is 0.325. The van der Waals surface area contributed by atoms with E-state index in [9.17, 15) is 30.7 Å². The van der Waals surface area contributed by atoms with E-state index in [0.717, 1.165) is 0 Å². The number of aromatic amines is 1. The standard InChI is InChI=1S/C22H14F7N3/c1-30-17-7-6-13(8-16(17)23)11-2-4-12(5-3-11)20-31-18-10-14(21(24,25)26)9-15(19(18)32-20)22(27,28)29/h2-10,30H,1H3,(H,31,32). The maximum Gasteiger partial charge on any atom is 0.418 e. The third kappa shape index (κ3) is 4.00. The highest BCUT2D eigenvalue weighted by Gasteiger charge is 2.39. The van der Waals surface area contributed by atoms with Crippen LogP contribution in [-0.4, -0.2) is 17.0 Å². The van der Waals surface area contributed by atoms with Gasteiger partial charge in [0, 0.05) is 12.6 Å². The summed E-state index contributed by atoms with van der Waals surface area (Å²) in [4.78, 5) is 6.44. The molecule has 3 aromatic carbocycles. The highest BCUT2D eigenvalue weighted by molar-refractivity contribution is 5.84. The van der Waals surface area contributed by atoms with Crippen LogP contribution in [0.1, 0.15) is 11.1 Å². The fourth-order valence-corrected chi connectivity index (χ4v) is 3.35. The molecule has 0 unspecified atom stereocenters. The first-order valence-corrected chi connectivity index (χ1v) is 9.23. The van der Waals surface area contributed by atoms with Crippen LogP contribution in [0.15, 0.2) is 54.6 Å². The summed E-state index contributed by atoms with van der Waals surface area (Å²) >= 11 is 0. The van der Waals surface area contributed by atoms with Crippen LogP contribution in [0.25, 0.3) is 33.5 Å². The maximum atomic E-state index is 14.0. The number of imidazole rings is 1. The summed E-state index contributed by atoms with van der Waals surface area (Å²) in [5.41, 5.74) is -1.97. The Hall–Kier alpha value is -3.56. The summed E-state index contributed by atoms with van der Waals surface area (Å²) in [5, 5.41) is 2.71. The Balaban J connectivity index is 1.76. The Bertz CT molecular complexity index is 1290. The largest absolute Gasteiger partial charge is 0.418 e. The number of alkyl halides is 6. The van der Waals surface area contributed by atoms with Crippen LogP contribution in [-0.2, 0) is 12.4 Å². The topological polar surface area (TPSA) is 40.7 Å². The molecule has 0 aliphatic rings. The Kier molecular flexibility index (Phi) is 5.10. The summed E-state index contributed by atoms with van der Waals surface area (Å²) in [6, 6.07) is 11.5. The number of aromatic nitrogens is 2. The minimum atomic E-state index is -5.01. The highest BCUT2D eigenvalue weighted by Crippen LogP contribution is 2.40. The molecular weight excluding hydrogens is 439 g/mol. The molecule has 4 aromatic rings. The molecule has 0 saturated heterocycles. The van der Waals surface area contributed by atoms with Gasteiger partial charge in [-0.25, -0.2) is 9.37 Å². The molecule has 0 saturated carbocycles. The van der Waals surface area contributed by atoms with Crippen molar-refractivity contribution in [2.45, 2.75) is 12.4 Å². The van der Waals surface area contributed by atoms with E-state index < -0.39 is 34.8 Å². The average molecular weight is 453 g/mol. The van der Waals surface area contributed by atoms with Gasteiger partial charge in [-0.1, -0.05) is 30.3 Å². The van der Waals surface area contributed by atoms with Crippen LogP contribution in [0.3, 0.4) is 0 Å². The van der Waals surface area contributed by atoms with Crippen LogP contribution in [0, 0.1) is 5.82 Å². The monoisotopic (exact) mass is 453 g/mol. The number of H-pyrrole nitrogens is 1. The van der Waals surface area contributed by atoms with Crippen molar-refractivity contribution in [3.8, 4) is 22.5 Å². The Morgan fingerprint density at radius 1 is 0.781 bits per heavy atom. The van der Waals surface area contributed by atoms with Crippen molar-refractivity contribution in [3.05, 3.63) is 71.5 Å². The van der Waals surface area contributed by atoms with Gasteiger partial charge in [0.25, 0.3) is 0 Å². The van der Waals surface area contributed by atoms with E-state index in [1.807, 2.05) is 0 Å². The zero-order chi connectivity index (χ0) is 23.3. The number of anilines is 1.